The standard InChI is InChI=1S/C23H32FN5O2.HI/c1-4-20(31-21-11-8-9-18(24)15-21)16-27-23(25-5-2)28-17-22(30)29(3)14-12-19-10-6-7-13-26-19;/h6-11,13,15,20H,4-5,12,14,16-17H2,1-3H3,(H2,25,27,28);1H. The van der Waals surface area contributed by atoms with Crippen LogP contribution in [-0.2, 0) is 11.2 Å². The van der Waals surface area contributed by atoms with Crippen molar-refractivity contribution in [2.24, 2.45) is 4.99 Å². The van der Waals surface area contributed by atoms with Crippen molar-refractivity contribution in [1.82, 2.24) is 20.5 Å². The van der Waals surface area contributed by atoms with E-state index in [1.165, 1.54) is 12.1 Å². The lowest BCUT2D eigenvalue weighted by Crippen LogP contribution is -2.43. The molecular weight excluding hydrogens is 524 g/mol. The fourth-order valence-corrected chi connectivity index (χ4v) is 2.77. The number of nitrogens with one attached hydrogen (secondary N) is 2. The molecule has 0 fully saturated rings. The molecule has 32 heavy (non-hydrogen) atoms. The Morgan fingerprint density at radius 3 is 2.69 bits per heavy atom. The molecule has 0 aliphatic heterocycles. The van der Waals surface area contributed by atoms with Gasteiger partial charge in [0.15, 0.2) is 5.96 Å². The van der Waals surface area contributed by atoms with E-state index in [4.69, 9.17) is 4.74 Å². The van der Waals surface area contributed by atoms with Gasteiger partial charge in [0, 0.05) is 44.5 Å². The largest absolute Gasteiger partial charge is 0.489 e. The summed E-state index contributed by atoms with van der Waals surface area (Å²) in [6.45, 7) is 5.71. The van der Waals surface area contributed by atoms with Crippen LogP contribution in [0.3, 0.4) is 0 Å². The number of halogens is 2. The number of aromatic nitrogens is 1. The minimum Gasteiger partial charge on any atom is -0.489 e. The quantitative estimate of drug-likeness (QED) is 0.252. The molecule has 0 saturated heterocycles. The second-order valence-corrected chi connectivity index (χ2v) is 7.07. The number of carbonyl (C=O) groups excluding carboxylic acids is 1. The Labute approximate surface area is 206 Å². The van der Waals surface area contributed by atoms with E-state index >= 15 is 0 Å². The average molecular weight is 557 g/mol. The second kappa shape index (κ2) is 15.4. The van der Waals surface area contributed by atoms with Gasteiger partial charge in [-0.2, -0.15) is 0 Å². The van der Waals surface area contributed by atoms with Gasteiger partial charge in [0.1, 0.15) is 24.2 Å². The fraction of sp³-hybridized carbons (Fsp3) is 0.435. The molecule has 2 rings (SSSR count). The summed E-state index contributed by atoms with van der Waals surface area (Å²) in [6.07, 6.45) is 3.01. The van der Waals surface area contributed by atoms with Gasteiger partial charge < -0.3 is 20.3 Å². The van der Waals surface area contributed by atoms with Gasteiger partial charge in [0.2, 0.25) is 5.91 Å². The number of nitrogens with zero attached hydrogens (tertiary/aromatic N) is 3. The van der Waals surface area contributed by atoms with Crippen LogP contribution in [0.5, 0.6) is 5.75 Å². The first kappa shape index (κ1) is 27.6. The molecule has 0 bridgehead atoms. The Kier molecular flexibility index (Phi) is 13.3. The van der Waals surface area contributed by atoms with E-state index in [2.05, 4.69) is 20.6 Å². The molecule has 0 saturated carbocycles. The molecular formula is C23H33FIN5O2. The number of aliphatic imine (C=N–C) groups is 1. The van der Waals surface area contributed by atoms with E-state index in [1.54, 1.807) is 30.3 Å². The lowest BCUT2D eigenvalue weighted by molar-refractivity contribution is -0.128. The molecule has 0 radical (unpaired) electrons. The normalized spacial score (nSPS) is 11.8. The summed E-state index contributed by atoms with van der Waals surface area (Å²) in [5.74, 6) is 0.618. The molecule has 0 aliphatic carbocycles. The van der Waals surface area contributed by atoms with Gasteiger partial charge in [-0.1, -0.05) is 19.1 Å². The van der Waals surface area contributed by atoms with E-state index < -0.39 is 0 Å². The zero-order valence-corrected chi connectivity index (χ0v) is 21.2. The van der Waals surface area contributed by atoms with Crippen LogP contribution < -0.4 is 15.4 Å². The highest BCUT2D eigenvalue weighted by molar-refractivity contribution is 14.0. The van der Waals surface area contributed by atoms with E-state index in [-0.39, 0.29) is 48.3 Å². The summed E-state index contributed by atoms with van der Waals surface area (Å²) in [4.78, 5) is 22.7. The SMILES string of the molecule is CCNC(=NCC(=O)N(C)CCc1ccccn1)NCC(CC)Oc1cccc(F)c1.I. The Hall–Kier alpha value is -2.43. The minimum atomic E-state index is -0.333. The number of hydrogen-bond acceptors (Lipinski definition) is 4. The van der Waals surface area contributed by atoms with Gasteiger partial charge in [-0.15, -0.1) is 24.0 Å². The third-order valence-electron chi connectivity index (χ3n) is 4.62. The molecule has 1 unspecified atom stereocenters. The van der Waals surface area contributed by atoms with Crippen molar-refractivity contribution in [2.75, 3.05) is 33.2 Å². The van der Waals surface area contributed by atoms with Crippen molar-refractivity contribution in [1.29, 1.82) is 0 Å². The molecule has 1 aromatic heterocycles. The summed E-state index contributed by atoms with van der Waals surface area (Å²) in [5.41, 5.74) is 0.949. The lowest BCUT2D eigenvalue weighted by atomic mass is 10.2. The van der Waals surface area contributed by atoms with Crippen molar-refractivity contribution in [3.05, 3.63) is 60.2 Å². The number of ether oxygens (including phenoxy) is 1. The van der Waals surface area contributed by atoms with Crippen molar-refractivity contribution >= 4 is 35.8 Å². The number of pyridine rings is 1. The Morgan fingerprint density at radius 1 is 1.22 bits per heavy atom. The monoisotopic (exact) mass is 557 g/mol. The maximum absolute atomic E-state index is 13.4. The van der Waals surface area contributed by atoms with Crippen LogP contribution in [0.1, 0.15) is 26.0 Å². The van der Waals surface area contributed by atoms with E-state index in [9.17, 15) is 9.18 Å². The summed E-state index contributed by atoms with van der Waals surface area (Å²) in [7, 11) is 1.76. The molecule has 9 heteroatoms. The summed E-state index contributed by atoms with van der Waals surface area (Å²) >= 11 is 0. The fourth-order valence-electron chi connectivity index (χ4n) is 2.77. The molecule has 7 nitrogen and oxygen atoms in total. The van der Waals surface area contributed by atoms with Gasteiger partial charge >= 0.3 is 0 Å². The van der Waals surface area contributed by atoms with Crippen LogP contribution in [0.2, 0.25) is 0 Å². The smallest absolute Gasteiger partial charge is 0.244 e. The molecule has 1 amide bonds. The molecule has 0 aliphatic rings. The first-order valence-electron chi connectivity index (χ1n) is 10.6. The maximum Gasteiger partial charge on any atom is 0.244 e. The van der Waals surface area contributed by atoms with Gasteiger partial charge in [0.25, 0.3) is 0 Å². The molecule has 176 valence electrons. The predicted octanol–water partition coefficient (Wildman–Crippen LogP) is 3.25. The molecule has 1 heterocycles. The van der Waals surface area contributed by atoms with Crippen LogP contribution in [0.25, 0.3) is 0 Å². The van der Waals surface area contributed by atoms with Crippen molar-refractivity contribution in [3.8, 4) is 5.75 Å². The third-order valence-corrected chi connectivity index (χ3v) is 4.62. The summed E-state index contributed by atoms with van der Waals surface area (Å²) < 4.78 is 19.2. The van der Waals surface area contributed by atoms with Crippen molar-refractivity contribution < 1.29 is 13.9 Å². The van der Waals surface area contributed by atoms with Gasteiger partial charge in [-0.05, 0) is 37.6 Å². The lowest BCUT2D eigenvalue weighted by Gasteiger charge is -2.20. The number of benzene rings is 1. The average Bonchev–Trinajstić information content (AvgIpc) is 2.78. The highest BCUT2D eigenvalue weighted by Crippen LogP contribution is 2.14. The number of amides is 1. The van der Waals surface area contributed by atoms with Gasteiger partial charge in [0.05, 0.1) is 6.54 Å². The van der Waals surface area contributed by atoms with Gasteiger partial charge in [-0.25, -0.2) is 9.38 Å². The molecule has 0 spiro atoms. The number of guanidine groups is 1. The summed E-state index contributed by atoms with van der Waals surface area (Å²) in [5, 5.41) is 6.33. The topological polar surface area (TPSA) is 78.9 Å². The van der Waals surface area contributed by atoms with Crippen LogP contribution in [-0.4, -0.2) is 61.1 Å². The number of rotatable bonds is 11. The van der Waals surface area contributed by atoms with Crippen LogP contribution >= 0.6 is 24.0 Å². The second-order valence-electron chi connectivity index (χ2n) is 7.07. The number of hydrogen-bond donors (Lipinski definition) is 2. The highest BCUT2D eigenvalue weighted by Gasteiger charge is 2.12. The van der Waals surface area contributed by atoms with Crippen LogP contribution in [0.4, 0.5) is 4.39 Å². The molecule has 2 aromatic rings. The zero-order chi connectivity index (χ0) is 22.5. The molecule has 1 atom stereocenters. The molecule has 2 N–H and O–H groups in total. The summed E-state index contributed by atoms with van der Waals surface area (Å²) in [6, 6.07) is 11.8. The van der Waals surface area contributed by atoms with Gasteiger partial charge in [-0.3, -0.25) is 9.78 Å². The maximum atomic E-state index is 13.4. The first-order chi connectivity index (χ1) is 15.0. The Morgan fingerprint density at radius 2 is 2.03 bits per heavy atom. The number of carbonyl (C=O) groups is 1. The van der Waals surface area contributed by atoms with E-state index in [0.29, 0.717) is 37.8 Å². The Balaban J connectivity index is 0.00000512. The van der Waals surface area contributed by atoms with E-state index in [1.807, 2.05) is 32.0 Å². The first-order valence-corrected chi connectivity index (χ1v) is 10.6. The zero-order valence-electron chi connectivity index (χ0n) is 18.9. The van der Waals surface area contributed by atoms with E-state index in [0.717, 1.165) is 12.1 Å². The molecule has 1 aromatic carbocycles. The van der Waals surface area contributed by atoms with Crippen molar-refractivity contribution in [2.45, 2.75) is 32.8 Å². The highest BCUT2D eigenvalue weighted by atomic mass is 127. The minimum absolute atomic E-state index is 0. The Bertz CT molecular complexity index is 838. The predicted molar refractivity (Wildman–Crippen MR) is 136 cm³/mol. The number of likely N-dealkylation sites (N-methyl/N-ethyl adjacent to an activating group) is 1. The van der Waals surface area contributed by atoms with Crippen molar-refractivity contribution in [3.63, 3.8) is 0 Å². The van der Waals surface area contributed by atoms with Crippen LogP contribution in [0.15, 0.2) is 53.7 Å². The van der Waals surface area contributed by atoms with Crippen LogP contribution in [0, 0.1) is 5.82 Å². The third kappa shape index (κ3) is 10.3.